The fourth-order valence-electron chi connectivity index (χ4n) is 2.92. The van der Waals surface area contributed by atoms with E-state index in [0.29, 0.717) is 25.7 Å². The molecule has 1 N–H and O–H groups in total. The molecule has 1 saturated heterocycles. The zero-order valence-electron chi connectivity index (χ0n) is 15.7. The van der Waals surface area contributed by atoms with Crippen LogP contribution >= 0.6 is 12.4 Å². The Morgan fingerprint density at radius 1 is 1.26 bits per heavy atom. The molecule has 10 heteroatoms. The minimum Gasteiger partial charge on any atom is -0.493 e. The van der Waals surface area contributed by atoms with Crippen molar-refractivity contribution < 1.29 is 23.9 Å². The lowest BCUT2D eigenvalue weighted by Crippen LogP contribution is -2.44. The molecule has 0 atom stereocenters. The second kappa shape index (κ2) is 10.9. The minimum atomic E-state index is -0.573. The molecule has 1 aromatic carbocycles. The normalized spacial score (nSPS) is 14.4. The van der Waals surface area contributed by atoms with Gasteiger partial charge in [0.15, 0.2) is 11.5 Å². The quantitative estimate of drug-likeness (QED) is 0.401. The Morgan fingerprint density at radius 3 is 2.44 bits per heavy atom. The molecule has 1 aliphatic heterocycles. The summed E-state index contributed by atoms with van der Waals surface area (Å²) in [7, 11) is 4.85. The minimum absolute atomic E-state index is 0. The Labute approximate surface area is 164 Å². The molecule has 1 aliphatic rings. The number of rotatable bonds is 8. The molecule has 1 aromatic rings. The SMILES string of the molecule is CNC1CCN(C(=O)c2cc(OC)c(OCCOC)cc2[N+](=O)[O-])CC1.Cl. The van der Waals surface area contributed by atoms with E-state index in [0.717, 1.165) is 12.8 Å². The summed E-state index contributed by atoms with van der Waals surface area (Å²) in [5.41, 5.74) is -0.284. The molecular formula is C17H26ClN3O6. The fourth-order valence-corrected chi connectivity index (χ4v) is 2.92. The van der Waals surface area contributed by atoms with Crippen molar-refractivity contribution in [2.75, 3.05) is 47.6 Å². The maximum absolute atomic E-state index is 12.8. The fraction of sp³-hybridized carbons (Fsp3) is 0.588. The number of nitro benzene ring substituents is 1. The lowest BCUT2D eigenvalue weighted by atomic mass is 10.0. The Balaban J connectivity index is 0.00000364. The Hall–Kier alpha value is -2.10. The molecule has 0 radical (unpaired) electrons. The van der Waals surface area contributed by atoms with E-state index in [2.05, 4.69) is 5.32 Å². The summed E-state index contributed by atoms with van der Waals surface area (Å²) in [5, 5.41) is 14.7. The van der Waals surface area contributed by atoms with Gasteiger partial charge in [-0.3, -0.25) is 14.9 Å². The molecule has 1 fully saturated rings. The maximum Gasteiger partial charge on any atom is 0.286 e. The number of nitro groups is 1. The van der Waals surface area contributed by atoms with E-state index in [-0.39, 0.29) is 47.7 Å². The number of halogens is 1. The van der Waals surface area contributed by atoms with E-state index < -0.39 is 4.92 Å². The number of piperidine rings is 1. The number of methoxy groups -OCH3 is 2. The first kappa shape index (κ1) is 22.9. The number of carbonyl (C=O) groups excluding carboxylic acids is 1. The van der Waals surface area contributed by atoms with Gasteiger partial charge in [0.25, 0.3) is 11.6 Å². The summed E-state index contributed by atoms with van der Waals surface area (Å²) < 4.78 is 15.6. The van der Waals surface area contributed by atoms with Crippen molar-refractivity contribution in [2.24, 2.45) is 0 Å². The smallest absolute Gasteiger partial charge is 0.286 e. The number of ether oxygens (including phenoxy) is 3. The zero-order valence-corrected chi connectivity index (χ0v) is 16.5. The van der Waals surface area contributed by atoms with Crippen molar-refractivity contribution in [3.8, 4) is 11.5 Å². The van der Waals surface area contributed by atoms with Gasteiger partial charge in [-0.1, -0.05) is 0 Å². The van der Waals surface area contributed by atoms with E-state index in [1.165, 1.54) is 26.4 Å². The van der Waals surface area contributed by atoms with E-state index in [1.807, 2.05) is 7.05 Å². The molecule has 0 saturated carbocycles. The van der Waals surface area contributed by atoms with Crippen LogP contribution in [0, 0.1) is 10.1 Å². The van der Waals surface area contributed by atoms with Crippen LogP contribution in [0.4, 0.5) is 5.69 Å². The number of hydrogen-bond donors (Lipinski definition) is 1. The number of hydrogen-bond acceptors (Lipinski definition) is 7. The van der Waals surface area contributed by atoms with Gasteiger partial charge in [-0.15, -0.1) is 12.4 Å². The second-order valence-corrected chi connectivity index (χ2v) is 5.97. The number of nitrogens with zero attached hydrogens (tertiary/aromatic N) is 2. The average Bonchev–Trinajstić information content (AvgIpc) is 2.67. The molecule has 0 aliphatic carbocycles. The third-order valence-electron chi connectivity index (χ3n) is 4.44. The van der Waals surface area contributed by atoms with Crippen LogP contribution in [0.2, 0.25) is 0 Å². The highest BCUT2D eigenvalue weighted by Crippen LogP contribution is 2.35. The lowest BCUT2D eigenvalue weighted by molar-refractivity contribution is -0.385. The number of amides is 1. The predicted molar refractivity (Wildman–Crippen MR) is 102 cm³/mol. The lowest BCUT2D eigenvalue weighted by Gasteiger charge is -2.31. The Morgan fingerprint density at radius 2 is 1.93 bits per heavy atom. The summed E-state index contributed by atoms with van der Waals surface area (Å²) in [6.07, 6.45) is 1.62. The van der Waals surface area contributed by atoms with E-state index in [9.17, 15) is 14.9 Å². The first-order valence-corrected chi connectivity index (χ1v) is 8.46. The number of carbonyl (C=O) groups is 1. The molecule has 0 aromatic heterocycles. The van der Waals surface area contributed by atoms with Crippen LogP contribution in [0.25, 0.3) is 0 Å². The standard InChI is InChI=1S/C17H25N3O6.ClH/c1-18-12-4-6-19(7-5-12)17(21)13-10-15(25-3)16(26-9-8-24-2)11-14(13)20(22)23;/h10-12,18H,4-9H2,1-3H3;1H. The molecular weight excluding hydrogens is 378 g/mol. The van der Waals surface area contributed by atoms with E-state index >= 15 is 0 Å². The van der Waals surface area contributed by atoms with Gasteiger partial charge in [-0.25, -0.2) is 0 Å². The average molecular weight is 404 g/mol. The predicted octanol–water partition coefficient (Wildman–Crippen LogP) is 1.87. The van der Waals surface area contributed by atoms with Crippen LogP contribution in [0.1, 0.15) is 23.2 Å². The summed E-state index contributed by atoms with van der Waals surface area (Å²) >= 11 is 0. The highest BCUT2D eigenvalue weighted by molar-refractivity contribution is 5.99. The first-order valence-electron chi connectivity index (χ1n) is 8.46. The van der Waals surface area contributed by atoms with Gasteiger partial charge in [-0.2, -0.15) is 0 Å². The van der Waals surface area contributed by atoms with Crippen LogP contribution in [0.15, 0.2) is 12.1 Å². The first-order chi connectivity index (χ1) is 12.5. The number of benzene rings is 1. The highest BCUT2D eigenvalue weighted by Gasteiger charge is 2.30. The van der Waals surface area contributed by atoms with Crippen LogP contribution in [-0.2, 0) is 4.74 Å². The molecule has 0 unspecified atom stereocenters. The molecule has 1 heterocycles. The molecule has 2 rings (SSSR count). The second-order valence-electron chi connectivity index (χ2n) is 5.97. The van der Waals surface area contributed by atoms with Gasteiger partial charge in [0.05, 0.1) is 24.7 Å². The molecule has 152 valence electrons. The highest BCUT2D eigenvalue weighted by atomic mass is 35.5. The number of likely N-dealkylation sites (tertiary alicyclic amines) is 1. The third kappa shape index (κ3) is 5.69. The molecule has 0 bridgehead atoms. The number of nitrogens with one attached hydrogen (secondary N) is 1. The summed E-state index contributed by atoms with van der Waals surface area (Å²) in [5.74, 6) is 0.120. The van der Waals surface area contributed by atoms with Crippen LogP contribution in [-0.4, -0.2) is 69.3 Å². The van der Waals surface area contributed by atoms with Gasteiger partial charge in [0, 0.05) is 32.3 Å². The van der Waals surface area contributed by atoms with Gasteiger partial charge in [-0.05, 0) is 19.9 Å². The van der Waals surface area contributed by atoms with Gasteiger partial charge < -0.3 is 24.4 Å². The van der Waals surface area contributed by atoms with Crippen molar-refractivity contribution in [1.82, 2.24) is 10.2 Å². The molecule has 27 heavy (non-hydrogen) atoms. The van der Waals surface area contributed by atoms with Gasteiger partial charge in [0.2, 0.25) is 0 Å². The van der Waals surface area contributed by atoms with Crippen LogP contribution < -0.4 is 14.8 Å². The van der Waals surface area contributed by atoms with Crippen molar-refractivity contribution in [3.63, 3.8) is 0 Å². The van der Waals surface area contributed by atoms with E-state index in [4.69, 9.17) is 14.2 Å². The summed E-state index contributed by atoms with van der Waals surface area (Å²) in [6, 6.07) is 2.98. The Kier molecular flexibility index (Phi) is 9.27. The maximum atomic E-state index is 12.8. The van der Waals surface area contributed by atoms with Crippen LogP contribution in [0.3, 0.4) is 0 Å². The summed E-state index contributed by atoms with van der Waals surface area (Å²) in [6.45, 7) is 1.65. The topological polar surface area (TPSA) is 103 Å². The summed E-state index contributed by atoms with van der Waals surface area (Å²) in [4.78, 5) is 25.4. The molecule has 9 nitrogen and oxygen atoms in total. The van der Waals surface area contributed by atoms with Crippen molar-refractivity contribution in [1.29, 1.82) is 0 Å². The molecule has 1 amide bonds. The van der Waals surface area contributed by atoms with Crippen molar-refractivity contribution in [3.05, 3.63) is 27.8 Å². The van der Waals surface area contributed by atoms with Gasteiger partial charge in [0.1, 0.15) is 12.2 Å². The zero-order chi connectivity index (χ0) is 19.1. The van der Waals surface area contributed by atoms with E-state index in [1.54, 1.807) is 4.90 Å². The van der Waals surface area contributed by atoms with Crippen LogP contribution in [0.5, 0.6) is 11.5 Å². The molecule has 0 spiro atoms. The van der Waals surface area contributed by atoms with Crippen molar-refractivity contribution in [2.45, 2.75) is 18.9 Å². The van der Waals surface area contributed by atoms with Crippen molar-refractivity contribution >= 4 is 24.0 Å². The Bertz CT molecular complexity index is 650. The van der Waals surface area contributed by atoms with Gasteiger partial charge >= 0.3 is 0 Å². The monoisotopic (exact) mass is 403 g/mol. The third-order valence-corrected chi connectivity index (χ3v) is 4.44. The largest absolute Gasteiger partial charge is 0.493 e.